The highest BCUT2D eigenvalue weighted by atomic mass is 35.5. The Labute approximate surface area is 169 Å². The van der Waals surface area contributed by atoms with Gasteiger partial charge in [0.1, 0.15) is 0 Å². The van der Waals surface area contributed by atoms with Crippen LogP contribution in [0.5, 0.6) is 0 Å². The summed E-state index contributed by atoms with van der Waals surface area (Å²) in [6.45, 7) is 0.619. The monoisotopic (exact) mass is 406 g/mol. The number of carbonyl (C=O) groups is 2. The predicted molar refractivity (Wildman–Crippen MR) is 113 cm³/mol. The molecule has 0 aliphatic carbocycles. The van der Waals surface area contributed by atoms with Crippen molar-refractivity contribution in [3.05, 3.63) is 53.9 Å². The zero-order valence-corrected chi connectivity index (χ0v) is 16.7. The van der Waals surface area contributed by atoms with Gasteiger partial charge in [-0.3, -0.25) is 14.6 Å². The first-order valence-corrected chi connectivity index (χ1v) is 9.89. The molecule has 1 aromatic heterocycles. The van der Waals surface area contributed by atoms with Gasteiger partial charge in [0, 0.05) is 30.3 Å². The zero-order chi connectivity index (χ0) is 18.5. The number of amides is 2. The molecule has 0 unspecified atom stereocenters. The fourth-order valence-corrected chi connectivity index (χ4v) is 3.44. The minimum Gasteiger partial charge on any atom is -0.325 e. The largest absolute Gasteiger partial charge is 0.325 e. The molecule has 0 saturated carbocycles. The SMILES string of the molecule is CSCC[C@H](N)C(=O)Nc1ccc2c(c1)CCN2C(=O)c1cccnc1.Cl. The highest BCUT2D eigenvalue weighted by molar-refractivity contribution is 7.98. The van der Waals surface area contributed by atoms with Crippen molar-refractivity contribution < 1.29 is 9.59 Å². The first-order valence-electron chi connectivity index (χ1n) is 8.50. The van der Waals surface area contributed by atoms with Crippen LogP contribution >= 0.6 is 24.2 Å². The van der Waals surface area contributed by atoms with Crippen molar-refractivity contribution in [2.24, 2.45) is 5.73 Å². The van der Waals surface area contributed by atoms with Gasteiger partial charge < -0.3 is 16.0 Å². The van der Waals surface area contributed by atoms with Crippen LogP contribution in [0.15, 0.2) is 42.7 Å². The smallest absolute Gasteiger partial charge is 0.259 e. The molecule has 1 aliphatic rings. The van der Waals surface area contributed by atoms with Crippen molar-refractivity contribution in [3.8, 4) is 0 Å². The van der Waals surface area contributed by atoms with Crippen LogP contribution in [0.2, 0.25) is 0 Å². The van der Waals surface area contributed by atoms with E-state index in [1.807, 2.05) is 24.5 Å². The molecule has 0 radical (unpaired) electrons. The molecule has 2 heterocycles. The molecule has 6 nitrogen and oxygen atoms in total. The number of benzene rings is 1. The van der Waals surface area contributed by atoms with E-state index in [1.165, 1.54) is 0 Å². The molecule has 1 aromatic carbocycles. The molecule has 27 heavy (non-hydrogen) atoms. The molecule has 2 amide bonds. The van der Waals surface area contributed by atoms with E-state index in [4.69, 9.17) is 5.73 Å². The number of thioether (sulfide) groups is 1. The number of hydrogen-bond donors (Lipinski definition) is 2. The van der Waals surface area contributed by atoms with Crippen LogP contribution in [0, 0.1) is 0 Å². The maximum Gasteiger partial charge on any atom is 0.259 e. The highest BCUT2D eigenvalue weighted by Crippen LogP contribution is 2.31. The standard InChI is InChI=1S/C19H22N4O2S.ClH/c1-26-10-7-16(20)18(24)22-15-4-5-17-13(11-15)6-9-23(17)19(25)14-3-2-8-21-12-14;/h2-5,8,11-12,16H,6-7,9-10,20H2,1H3,(H,22,24);1H/t16-;/m0./s1. The Hall–Kier alpha value is -2.09. The summed E-state index contributed by atoms with van der Waals surface area (Å²) in [6.07, 6.45) is 6.61. The second kappa shape index (κ2) is 9.73. The van der Waals surface area contributed by atoms with E-state index < -0.39 is 6.04 Å². The molecule has 2 aromatic rings. The maximum atomic E-state index is 12.7. The molecule has 0 saturated heterocycles. The van der Waals surface area contributed by atoms with E-state index in [0.29, 0.717) is 24.2 Å². The number of nitrogens with two attached hydrogens (primary N) is 1. The first-order chi connectivity index (χ1) is 12.6. The number of hydrogen-bond acceptors (Lipinski definition) is 5. The lowest BCUT2D eigenvalue weighted by molar-refractivity contribution is -0.117. The second-order valence-corrected chi connectivity index (χ2v) is 7.15. The number of aromatic nitrogens is 1. The molecule has 3 N–H and O–H groups in total. The minimum absolute atomic E-state index is 0. The van der Waals surface area contributed by atoms with E-state index in [9.17, 15) is 9.59 Å². The number of halogens is 1. The number of nitrogens with zero attached hydrogens (tertiary/aromatic N) is 2. The molecule has 0 bridgehead atoms. The van der Waals surface area contributed by atoms with Gasteiger partial charge in [0.2, 0.25) is 5.91 Å². The van der Waals surface area contributed by atoms with Crippen LogP contribution in [-0.4, -0.2) is 41.4 Å². The number of carbonyl (C=O) groups excluding carboxylic acids is 2. The molecular weight excluding hydrogens is 384 g/mol. The molecule has 3 rings (SSSR count). The third kappa shape index (κ3) is 5.00. The average molecular weight is 407 g/mol. The molecule has 0 fully saturated rings. The highest BCUT2D eigenvalue weighted by Gasteiger charge is 2.26. The molecule has 1 atom stereocenters. The Morgan fingerprint density at radius 3 is 2.89 bits per heavy atom. The fourth-order valence-electron chi connectivity index (χ4n) is 2.95. The van der Waals surface area contributed by atoms with Gasteiger partial charge in [-0.2, -0.15) is 11.8 Å². The van der Waals surface area contributed by atoms with E-state index in [1.54, 1.807) is 41.2 Å². The van der Waals surface area contributed by atoms with Gasteiger partial charge in [-0.25, -0.2) is 0 Å². The van der Waals surface area contributed by atoms with Crippen molar-refractivity contribution in [1.82, 2.24) is 4.98 Å². The third-order valence-corrected chi connectivity index (χ3v) is 5.01. The fraction of sp³-hybridized carbons (Fsp3) is 0.316. The van der Waals surface area contributed by atoms with E-state index in [0.717, 1.165) is 23.4 Å². The predicted octanol–water partition coefficient (Wildman–Crippen LogP) is 2.73. The summed E-state index contributed by atoms with van der Waals surface area (Å²) in [5.74, 6) is 0.609. The lowest BCUT2D eigenvalue weighted by atomic mass is 10.1. The second-order valence-electron chi connectivity index (χ2n) is 6.17. The van der Waals surface area contributed by atoms with Crippen molar-refractivity contribution in [1.29, 1.82) is 0 Å². The normalized spacial score (nSPS) is 13.5. The van der Waals surface area contributed by atoms with E-state index >= 15 is 0 Å². The van der Waals surface area contributed by atoms with Gasteiger partial charge in [-0.05, 0) is 60.7 Å². The van der Waals surface area contributed by atoms with E-state index in [2.05, 4.69) is 10.3 Å². The van der Waals surface area contributed by atoms with Crippen LogP contribution in [0.25, 0.3) is 0 Å². The number of anilines is 2. The number of nitrogens with one attached hydrogen (secondary N) is 1. The van der Waals surface area contributed by atoms with Crippen molar-refractivity contribution in [2.45, 2.75) is 18.9 Å². The number of pyridine rings is 1. The lowest BCUT2D eigenvalue weighted by Crippen LogP contribution is -2.36. The molecule has 1 aliphatic heterocycles. The van der Waals surface area contributed by atoms with Crippen molar-refractivity contribution in [2.75, 3.05) is 28.8 Å². The Balaban J connectivity index is 0.00000261. The summed E-state index contributed by atoms with van der Waals surface area (Å²) < 4.78 is 0. The summed E-state index contributed by atoms with van der Waals surface area (Å²) in [5.41, 5.74) is 9.10. The Bertz CT molecular complexity index is 804. The lowest BCUT2D eigenvalue weighted by Gasteiger charge is -2.18. The van der Waals surface area contributed by atoms with Gasteiger partial charge >= 0.3 is 0 Å². The van der Waals surface area contributed by atoms with Gasteiger partial charge in [-0.15, -0.1) is 12.4 Å². The molecule has 0 spiro atoms. The molecule has 8 heteroatoms. The molecular formula is C19H23ClN4O2S. The van der Waals surface area contributed by atoms with Gasteiger partial charge in [0.25, 0.3) is 5.91 Å². The molecule has 144 valence electrons. The van der Waals surface area contributed by atoms with Crippen molar-refractivity contribution in [3.63, 3.8) is 0 Å². The number of fused-ring (bicyclic) bond motifs is 1. The first kappa shape index (κ1) is 21.2. The quantitative estimate of drug-likeness (QED) is 0.770. The number of rotatable bonds is 6. The van der Waals surface area contributed by atoms with Crippen LogP contribution in [0.3, 0.4) is 0 Å². The summed E-state index contributed by atoms with van der Waals surface area (Å²) in [5, 5.41) is 2.87. The average Bonchev–Trinajstić information content (AvgIpc) is 3.09. The van der Waals surface area contributed by atoms with Crippen LogP contribution in [-0.2, 0) is 11.2 Å². The van der Waals surface area contributed by atoms with Crippen molar-refractivity contribution >= 4 is 47.4 Å². The summed E-state index contributed by atoms with van der Waals surface area (Å²) in [4.78, 5) is 30.6. The maximum absolute atomic E-state index is 12.7. The van der Waals surface area contributed by atoms with Crippen LogP contribution < -0.4 is 16.0 Å². The van der Waals surface area contributed by atoms with Gasteiger partial charge in [0.15, 0.2) is 0 Å². The Kier molecular flexibility index (Phi) is 7.65. The summed E-state index contributed by atoms with van der Waals surface area (Å²) in [6, 6.07) is 8.61. The van der Waals surface area contributed by atoms with Gasteiger partial charge in [-0.1, -0.05) is 0 Å². The van der Waals surface area contributed by atoms with Gasteiger partial charge in [0.05, 0.1) is 11.6 Å². The summed E-state index contributed by atoms with van der Waals surface area (Å²) in [7, 11) is 0. The van der Waals surface area contributed by atoms with Crippen LogP contribution in [0.4, 0.5) is 11.4 Å². The van der Waals surface area contributed by atoms with Crippen LogP contribution in [0.1, 0.15) is 22.3 Å². The Morgan fingerprint density at radius 1 is 1.37 bits per heavy atom. The minimum atomic E-state index is -0.514. The Morgan fingerprint density at radius 2 is 2.19 bits per heavy atom. The topological polar surface area (TPSA) is 88.3 Å². The van der Waals surface area contributed by atoms with E-state index in [-0.39, 0.29) is 24.2 Å². The third-order valence-electron chi connectivity index (χ3n) is 4.37. The summed E-state index contributed by atoms with van der Waals surface area (Å²) >= 11 is 1.67. The zero-order valence-electron chi connectivity index (χ0n) is 15.1.